The molecule has 182 valence electrons. The number of pyridine rings is 1. The smallest absolute Gasteiger partial charge is 0.379 e. The van der Waals surface area contributed by atoms with E-state index in [4.69, 9.17) is 9.47 Å². The fourth-order valence-electron chi connectivity index (χ4n) is 6.63. The molecule has 1 saturated heterocycles. The maximum atomic E-state index is 13.9. The van der Waals surface area contributed by atoms with Gasteiger partial charge in [-0.3, -0.25) is 9.78 Å². The number of alkyl halides is 3. The van der Waals surface area contributed by atoms with E-state index in [0.29, 0.717) is 43.4 Å². The van der Waals surface area contributed by atoms with Gasteiger partial charge in [0.15, 0.2) is 0 Å². The molecule has 0 spiro atoms. The first-order valence-electron chi connectivity index (χ1n) is 12.0. The van der Waals surface area contributed by atoms with Gasteiger partial charge >= 0.3 is 6.18 Å². The largest absolute Gasteiger partial charge is 0.417 e. The van der Waals surface area contributed by atoms with Crippen molar-refractivity contribution in [3.63, 3.8) is 0 Å². The number of nitrogens with one attached hydrogen (secondary N) is 1. The molecule has 2 saturated carbocycles. The van der Waals surface area contributed by atoms with E-state index in [-0.39, 0.29) is 30.6 Å². The number of rotatable bonds is 4. The van der Waals surface area contributed by atoms with Crippen LogP contribution in [0.1, 0.15) is 55.3 Å². The number of amides is 1. The van der Waals surface area contributed by atoms with E-state index < -0.39 is 17.2 Å². The van der Waals surface area contributed by atoms with Gasteiger partial charge in [-0.1, -0.05) is 6.42 Å². The number of halogens is 3. The van der Waals surface area contributed by atoms with Crippen LogP contribution in [0.15, 0.2) is 12.3 Å². The first-order chi connectivity index (χ1) is 15.8. The predicted octanol–water partition coefficient (Wildman–Crippen LogP) is 3.33. The number of carbonyl (C=O) groups excluding carboxylic acids is 1. The summed E-state index contributed by atoms with van der Waals surface area (Å²) < 4.78 is 50.7. The molecule has 1 aromatic heterocycles. The van der Waals surface area contributed by atoms with Crippen LogP contribution < -0.4 is 5.32 Å². The molecule has 5 atom stereocenters. The van der Waals surface area contributed by atoms with E-state index in [2.05, 4.69) is 10.3 Å². The molecule has 3 fully saturated rings. The summed E-state index contributed by atoms with van der Waals surface area (Å²) in [6.07, 6.45) is 2.55. The highest BCUT2D eigenvalue weighted by molar-refractivity contribution is 5.84. The first-order valence-corrected chi connectivity index (χ1v) is 12.0. The summed E-state index contributed by atoms with van der Waals surface area (Å²) >= 11 is 0. The highest BCUT2D eigenvalue weighted by Gasteiger charge is 2.56. The molecule has 2 aliphatic heterocycles. The van der Waals surface area contributed by atoms with Crippen LogP contribution in [0.4, 0.5) is 13.2 Å². The Bertz CT molecular complexity index is 895. The van der Waals surface area contributed by atoms with Crippen molar-refractivity contribution in [2.75, 3.05) is 26.9 Å². The van der Waals surface area contributed by atoms with E-state index in [1.807, 2.05) is 0 Å². The molecule has 0 unspecified atom stereocenters. The average molecular weight is 468 g/mol. The van der Waals surface area contributed by atoms with Crippen LogP contribution in [0.5, 0.6) is 0 Å². The molecular weight excluding hydrogens is 435 g/mol. The van der Waals surface area contributed by atoms with Crippen molar-refractivity contribution in [1.82, 2.24) is 15.2 Å². The monoisotopic (exact) mass is 467 g/mol. The molecule has 9 heteroatoms. The Morgan fingerprint density at radius 2 is 2.21 bits per heavy atom. The van der Waals surface area contributed by atoms with Gasteiger partial charge < -0.3 is 19.7 Å². The van der Waals surface area contributed by atoms with Crippen LogP contribution in [0, 0.1) is 11.3 Å². The molecule has 2 aliphatic carbocycles. The summed E-state index contributed by atoms with van der Waals surface area (Å²) in [5, 5.41) is 3.76. The van der Waals surface area contributed by atoms with E-state index in [1.165, 1.54) is 6.07 Å². The van der Waals surface area contributed by atoms with Crippen LogP contribution >= 0.6 is 0 Å². The number of fused-ring (bicyclic) bond motifs is 2. The molecule has 0 bridgehead atoms. The standard InChI is InChI=1S/C24H32F3N3O3/c1-32-21-14-33-8-5-20(21)29-18-10-16-3-2-6-23(16,11-18)22(31)30-7-4-19-15(13-30)9-17(12-28-19)24(25,26)27/h9,12,16,18,20-21,29H,2-8,10-11,13-14H2,1H3/t16-,18-,20-,21-,23-/m1/s1. The second-order valence-corrected chi connectivity index (χ2v) is 10.1. The highest BCUT2D eigenvalue weighted by Crippen LogP contribution is 2.55. The van der Waals surface area contributed by atoms with Crippen molar-refractivity contribution in [1.29, 1.82) is 0 Å². The Kier molecular flexibility index (Phi) is 6.16. The Morgan fingerprint density at radius 3 is 3.00 bits per heavy atom. The third-order valence-electron chi connectivity index (χ3n) is 8.27. The number of methoxy groups -OCH3 is 1. The lowest BCUT2D eigenvalue weighted by atomic mass is 9.78. The molecule has 0 radical (unpaired) electrons. The molecule has 3 heterocycles. The molecule has 4 aliphatic rings. The van der Waals surface area contributed by atoms with Crippen molar-refractivity contribution in [2.24, 2.45) is 11.3 Å². The summed E-state index contributed by atoms with van der Waals surface area (Å²) in [5.41, 5.74) is 0.0383. The van der Waals surface area contributed by atoms with Gasteiger partial charge in [-0.05, 0) is 49.7 Å². The number of hydrogen-bond donors (Lipinski definition) is 1. The van der Waals surface area contributed by atoms with Crippen molar-refractivity contribution >= 4 is 5.91 Å². The average Bonchev–Trinajstić information content (AvgIpc) is 3.35. The van der Waals surface area contributed by atoms with Gasteiger partial charge in [0.1, 0.15) is 0 Å². The fourth-order valence-corrected chi connectivity index (χ4v) is 6.63. The lowest BCUT2D eigenvalue weighted by Gasteiger charge is -2.38. The van der Waals surface area contributed by atoms with Gasteiger partial charge in [0.25, 0.3) is 0 Å². The number of hydrogen-bond acceptors (Lipinski definition) is 5. The molecule has 5 rings (SSSR count). The second-order valence-electron chi connectivity index (χ2n) is 10.1. The lowest BCUT2D eigenvalue weighted by molar-refractivity contribution is -0.144. The lowest BCUT2D eigenvalue weighted by Crippen LogP contribution is -2.51. The van der Waals surface area contributed by atoms with Gasteiger partial charge in [0, 0.05) is 57.2 Å². The van der Waals surface area contributed by atoms with Gasteiger partial charge in [0.2, 0.25) is 5.91 Å². The Hall–Kier alpha value is -1.71. The zero-order valence-corrected chi connectivity index (χ0v) is 19.0. The Labute approximate surface area is 192 Å². The molecule has 33 heavy (non-hydrogen) atoms. The third-order valence-corrected chi connectivity index (χ3v) is 8.27. The zero-order valence-electron chi connectivity index (χ0n) is 19.0. The van der Waals surface area contributed by atoms with Gasteiger partial charge in [0.05, 0.1) is 23.7 Å². The number of ether oxygens (including phenoxy) is 2. The van der Waals surface area contributed by atoms with Crippen molar-refractivity contribution in [2.45, 2.75) is 75.9 Å². The Morgan fingerprint density at radius 1 is 1.36 bits per heavy atom. The zero-order chi connectivity index (χ0) is 23.2. The van der Waals surface area contributed by atoms with Crippen molar-refractivity contribution < 1.29 is 27.4 Å². The number of carbonyl (C=O) groups is 1. The second kappa shape index (κ2) is 8.82. The fraction of sp³-hybridized carbons (Fsp3) is 0.750. The van der Waals surface area contributed by atoms with Crippen LogP contribution in [0.25, 0.3) is 0 Å². The van der Waals surface area contributed by atoms with E-state index in [0.717, 1.165) is 44.7 Å². The highest BCUT2D eigenvalue weighted by atomic mass is 19.4. The molecular formula is C24H32F3N3O3. The van der Waals surface area contributed by atoms with Crippen molar-refractivity contribution in [3.05, 3.63) is 29.1 Å². The van der Waals surface area contributed by atoms with Gasteiger partial charge in [-0.25, -0.2) is 0 Å². The van der Waals surface area contributed by atoms with Crippen LogP contribution in [-0.4, -0.2) is 60.8 Å². The first kappa shape index (κ1) is 23.1. The predicted molar refractivity (Wildman–Crippen MR) is 114 cm³/mol. The van der Waals surface area contributed by atoms with Gasteiger partial charge in [-0.2, -0.15) is 13.2 Å². The minimum absolute atomic E-state index is 0.0137. The summed E-state index contributed by atoms with van der Waals surface area (Å²) in [7, 11) is 1.70. The van der Waals surface area contributed by atoms with E-state index >= 15 is 0 Å². The molecule has 0 aromatic carbocycles. The van der Waals surface area contributed by atoms with Crippen LogP contribution in [-0.2, 0) is 33.4 Å². The molecule has 1 aromatic rings. The third kappa shape index (κ3) is 4.28. The van der Waals surface area contributed by atoms with E-state index in [9.17, 15) is 18.0 Å². The normalized spacial score (nSPS) is 34.2. The van der Waals surface area contributed by atoms with Crippen LogP contribution in [0.3, 0.4) is 0 Å². The Balaban J connectivity index is 1.31. The summed E-state index contributed by atoms with van der Waals surface area (Å²) in [5.74, 6) is 0.442. The topological polar surface area (TPSA) is 63.7 Å². The summed E-state index contributed by atoms with van der Waals surface area (Å²) in [6, 6.07) is 1.63. The molecule has 6 nitrogen and oxygen atoms in total. The number of aromatic nitrogens is 1. The quantitative estimate of drug-likeness (QED) is 0.736. The SMILES string of the molecule is CO[C@@H]1COCC[C@H]1N[C@@H]1C[C@H]2CCC[C@@]2(C(=O)N2CCc3ncc(C(F)(F)F)cc3C2)C1. The molecule has 1 amide bonds. The molecule has 1 N–H and O–H groups in total. The van der Waals surface area contributed by atoms with Crippen molar-refractivity contribution in [3.8, 4) is 0 Å². The van der Waals surface area contributed by atoms with Crippen LogP contribution in [0.2, 0.25) is 0 Å². The van der Waals surface area contributed by atoms with E-state index in [1.54, 1.807) is 12.0 Å². The maximum absolute atomic E-state index is 13.9. The number of nitrogens with zero attached hydrogens (tertiary/aromatic N) is 2. The summed E-state index contributed by atoms with van der Waals surface area (Å²) in [6.45, 7) is 2.01. The van der Waals surface area contributed by atoms with Gasteiger partial charge in [-0.15, -0.1) is 0 Å². The maximum Gasteiger partial charge on any atom is 0.417 e. The minimum Gasteiger partial charge on any atom is -0.379 e. The minimum atomic E-state index is -4.43. The summed E-state index contributed by atoms with van der Waals surface area (Å²) in [4.78, 5) is 19.7.